The predicted octanol–water partition coefficient (Wildman–Crippen LogP) is 0.407. The average molecular weight is 254 g/mol. The molecule has 2 fully saturated rings. The standard InChI is InChI=1S/C12H18N2O4/c1-12(2,3)18-11(17)13-4-5-14-8(7-13)6-9(15)10(14)16/h8H,4-7H2,1-3H3. The zero-order chi connectivity index (χ0) is 13.5. The number of piperazine rings is 1. The van der Waals surface area contributed by atoms with Crippen LogP contribution in [0, 0.1) is 0 Å². The predicted molar refractivity (Wildman–Crippen MR) is 62.9 cm³/mol. The summed E-state index contributed by atoms with van der Waals surface area (Å²) in [6.45, 7) is 6.64. The Morgan fingerprint density at radius 3 is 2.56 bits per heavy atom. The van der Waals surface area contributed by atoms with Crippen LogP contribution in [-0.4, -0.2) is 58.9 Å². The molecular formula is C12H18N2O4. The van der Waals surface area contributed by atoms with Crippen molar-refractivity contribution in [1.82, 2.24) is 9.80 Å². The van der Waals surface area contributed by atoms with Gasteiger partial charge in [0.05, 0.1) is 6.04 Å². The average Bonchev–Trinajstić information content (AvgIpc) is 2.52. The molecule has 0 aromatic carbocycles. The number of Topliss-reactive ketones (excluding diaryl/α,β-unsaturated/α-hetero) is 1. The molecule has 0 saturated carbocycles. The third-order valence-corrected chi connectivity index (χ3v) is 3.05. The number of nitrogens with zero attached hydrogens (tertiary/aromatic N) is 2. The summed E-state index contributed by atoms with van der Waals surface area (Å²) >= 11 is 0. The van der Waals surface area contributed by atoms with Crippen molar-refractivity contribution >= 4 is 17.8 Å². The van der Waals surface area contributed by atoms with Crippen LogP contribution in [0.4, 0.5) is 4.79 Å². The lowest BCUT2D eigenvalue weighted by atomic mass is 10.1. The first-order valence-corrected chi connectivity index (χ1v) is 6.09. The smallest absolute Gasteiger partial charge is 0.410 e. The van der Waals surface area contributed by atoms with Gasteiger partial charge in [0.25, 0.3) is 5.91 Å². The summed E-state index contributed by atoms with van der Waals surface area (Å²) in [6.07, 6.45) is -0.174. The van der Waals surface area contributed by atoms with Gasteiger partial charge in [0.15, 0.2) is 0 Å². The van der Waals surface area contributed by atoms with Gasteiger partial charge in [-0.3, -0.25) is 9.59 Å². The van der Waals surface area contributed by atoms with Gasteiger partial charge >= 0.3 is 6.09 Å². The molecule has 1 atom stereocenters. The molecule has 0 bridgehead atoms. The summed E-state index contributed by atoms with van der Waals surface area (Å²) in [5, 5.41) is 0. The molecule has 2 heterocycles. The number of carbonyl (C=O) groups excluding carboxylic acids is 3. The highest BCUT2D eigenvalue weighted by atomic mass is 16.6. The van der Waals surface area contributed by atoms with E-state index in [2.05, 4.69) is 0 Å². The van der Waals surface area contributed by atoms with E-state index in [-0.39, 0.29) is 24.3 Å². The Morgan fingerprint density at radius 1 is 1.28 bits per heavy atom. The number of ether oxygens (including phenoxy) is 1. The van der Waals surface area contributed by atoms with Crippen molar-refractivity contribution in [2.45, 2.75) is 38.8 Å². The van der Waals surface area contributed by atoms with E-state index >= 15 is 0 Å². The number of rotatable bonds is 0. The molecule has 0 radical (unpaired) electrons. The van der Waals surface area contributed by atoms with Crippen molar-refractivity contribution in [3.63, 3.8) is 0 Å². The number of hydrogen-bond donors (Lipinski definition) is 0. The number of ketones is 1. The van der Waals surface area contributed by atoms with Crippen LogP contribution in [0.15, 0.2) is 0 Å². The van der Waals surface area contributed by atoms with Crippen molar-refractivity contribution in [1.29, 1.82) is 0 Å². The molecule has 1 unspecified atom stereocenters. The molecule has 6 nitrogen and oxygen atoms in total. The second-order valence-corrected chi connectivity index (χ2v) is 5.71. The van der Waals surface area contributed by atoms with E-state index in [1.807, 2.05) is 20.8 Å². The molecule has 2 amide bonds. The lowest BCUT2D eigenvalue weighted by Gasteiger charge is -2.37. The summed E-state index contributed by atoms with van der Waals surface area (Å²) in [6, 6.07) is -0.175. The van der Waals surface area contributed by atoms with Crippen LogP contribution in [-0.2, 0) is 14.3 Å². The third kappa shape index (κ3) is 2.47. The minimum atomic E-state index is -0.532. The summed E-state index contributed by atoms with van der Waals surface area (Å²) in [5.41, 5.74) is -0.532. The summed E-state index contributed by atoms with van der Waals surface area (Å²) in [7, 11) is 0. The van der Waals surface area contributed by atoms with Crippen LogP contribution in [0.25, 0.3) is 0 Å². The molecule has 2 aliphatic rings. The van der Waals surface area contributed by atoms with Gasteiger partial charge in [-0.1, -0.05) is 0 Å². The SMILES string of the molecule is CC(C)(C)OC(=O)N1CCN2C(=O)C(=O)CC2C1. The summed E-state index contributed by atoms with van der Waals surface area (Å²) < 4.78 is 5.28. The highest BCUT2D eigenvalue weighted by molar-refractivity contribution is 6.38. The van der Waals surface area contributed by atoms with Crippen molar-refractivity contribution in [2.24, 2.45) is 0 Å². The molecule has 0 spiro atoms. The van der Waals surface area contributed by atoms with E-state index < -0.39 is 11.5 Å². The summed E-state index contributed by atoms with van der Waals surface area (Å²) in [5.74, 6) is -0.769. The monoisotopic (exact) mass is 254 g/mol. The molecule has 2 rings (SSSR count). The fourth-order valence-corrected chi connectivity index (χ4v) is 2.25. The van der Waals surface area contributed by atoms with Gasteiger partial charge in [-0.05, 0) is 20.8 Å². The maximum Gasteiger partial charge on any atom is 0.410 e. The Bertz CT molecular complexity index is 399. The zero-order valence-corrected chi connectivity index (χ0v) is 10.9. The van der Waals surface area contributed by atoms with Crippen LogP contribution in [0.2, 0.25) is 0 Å². The molecule has 18 heavy (non-hydrogen) atoms. The minimum Gasteiger partial charge on any atom is -0.444 e. The molecule has 2 saturated heterocycles. The number of carbonyl (C=O) groups is 3. The third-order valence-electron chi connectivity index (χ3n) is 3.05. The topological polar surface area (TPSA) is 66.9 Å². The quantitative estimate of drug-likeness (QED) is 0.587. The number of amides is 2. The van der Waals surface area contributed by atoms with Crippen molar-refractivity contribution in [3.05, 3.63) is 0 Å². The minimum absolute atomic E-state index is 0.175. The highest BCUT2D eigenvalue weighted by Gasteiger charge is 2.42. The first-order valence-electron chi connectivity index (χ1n) is 6.09. The first-order chi connectivity index (χ1) is 8.28. The van der Waals surface area contributed by atoms with Gasteiger partial charge < -0.3 is 14.5 Å². The van der Waals surface area contributed by atoms with Gasteiger partial charge in [0, 0.05) is 26.1 Å². The Balaban J connectivity index is 1.98. The van der Waals surface area contributed by atoms with E-state index in [4.69, 9.17) is 4.74 Å². The number of fused-ring (bicyclic) bond motifs is 1. The maximum atomic E-state index is 11.9. The summed E-state index contributed by atoms with van der Waals surface area (Å²) in [4.78, 5) is 37.8. The van der Waals surface area contributed by atoms with Crippen molar-refractivity contribution < 1.29 is 19.1 Å². The van der Waals surface area contributed by atoms with Crippen LogP contribution in [0.5, 0.6) is 0 Å². The normalized spacial score (nSPS) is 24.3. The number of hydrogen-bond acceptors (Lipinski definition) is 4. The van der Waals surface area contributed by atoms with Gasteiger partial charge in [-0.15, -0.1) is 0 Å². The van der Waals surface area contributed by atoms with Gasteiger partial charge in [-0.25, -0.2) is 4.79 Å². The van der Waals surface area contributed by atoms with Crippen LogP contribution >= 0.6 is 0 Å². The molecule has 0 aliphatic carbocycles. The second-order valence-electron chi connectivity index (χ2n) is 5.71. The fraction of sp³-hybridized carbons (Fsp3) is 0.750. The van der Waals surface area contributed by atoms with Crippen molar-refractivity contribution in [2.75, 3.05) is 19.6 Å². The molecule has 6 heteroatoms. The van der Waals surface area contributed by atoms with E-state index in [9.17, 15) is 14.4 Å². The van der Waals surface area contributed by atoms with Crippen LogP contribution in [0.1, 0.15) is 27.2 Å². The van der Waals surface area contributed by atoms with E-state index in [0.29, 0.717) is 19.6 Å². The van der Waals surface area contributed by atoms with Crippen LogP contribution < -0.4 is 0 Å². The van der Waals surface area contributed by atoms with E-state index in [1.165, 1.54) is 0 Å². The first kappa shape index (κ1) is 12.9. The van der Waals surface area contributed by atoms with Gasteiger partial charge in [0.1, 0.15) is 5.60 Å². The molecular weight excluding hydrogens is 236 g/mol. The Hall–Kier alpha value is -1.59. The molecule has 100 valence electrons. The van der Waals surface area contributed by atoms with E-state index in [0.717, 1.165) is 0 Å². The van der Waals surface area contributed by atoms with Crippen LogP contribution in [0.3, 0.4) is 0 Å². The Labute approximate surface area is 106 Å². The van der Waals surface area contributed by atoms with Gasteiger partial charge in [0.2, 0.25) is 5.78 Å². The Kier molecular flexibility index (Phi) is 3.04. The Morgan fingerprint density at radius 2 is 1.94 bits per heavy atom. The molecule has 0 aromatic heterocycles. The zero-order valence-electron chi connectivity index (χ0n) is 10.9. The molecule has 0 aromatic rings. The maximum absolute atomic E-state index is 11.9. The highest BCUT2D eigenvalue weighted by Crippen LogP contribution is 2.22. The van der Waals surface area contributed by atoms with Gasteiger partial charge in [-0.2, -0.15) is 0 Å². The van der Waals surface area contributed by atoms with Crippen molar-refractivity contribution in [3.8, 4) is 0 Å². The lowest BCUT2D eigenvalue weighted by molar-refractivity contribution is -0.141. The largest absolute Gasteiger partial charge is 0.444 e. The second kappa shape index (κ2) is 4.26. The molecule has 2 aliphatic heterocycles. The lowest BCUT2D eigenvalue weighted by Crippen LogP contribution is -2.54. The fourth-order valence-electron chi connectivity index (χ4n) is 2.25. The van der Waals surface area contributed by atoms with E-state index in [1.54, 1.807) is 9.80 Å². The molecule has 0 N–H and O–H groups in total.